The van der Waals surface area contributed by atoms with E-state index in [1.807, 2.05) is 30.3 Å². The van der Waals surface area contributed by atoms with Crippen LogP contribution in [0, 0.1) is 11.2 Å². The van der Waals surface area contributed by atoms with Gasteiger partial charge in [0.25, 0.3) is 0 Å². The van der Waals surface area contributed by atoms with Crippen LogP contribution in [0.25, 0.3) is 11.1 Å². The van der Waals surface area contributed by atoms with Crippen molar-refractivity contribution < 1.29 is 33.4 Å². The van der Waals surface area contributed by atoms with Crippen LogP contribution in [-0.4, -0.2) is 42.2 Å². The first kappa shape index (κ1) is 29.8. The monoisotopic (exact) mass is 555 g/mol. The van der Waals surface area contributed by atoms with Gasteiger partial charge in [0, 0.05) is 16.6 Å². The van der Waals surface area contributed by atoms with E-state index in [1.165, 1.54) is 25.1 Å². The van der Waals surface area contributed by atoms with Crippen molar-refractivity contribution in [2.45, 2.75) is 39.3 Å². The molecule has 0 spiro atoms. The summed E-state index contributed by atoms with van der Waals surface area (Å²) in [6.45, 7) is 2.63. The fourth-order valence-electron chi connectivity index (χ4n) is 4.09. The summed E-state index contributed by atoms with van der Waals surface area (Å²) in [5.74, 6) is -3.07. The molecule has 39 heavy (non-hydrogen) atoms. The largest absolute Gasteiger partial charge is 0.460 e. The van der Waals surface area contributed by atoms with Crippen LogP contribution in [0.3, 0.4) is 0 Å². The second kappa shape index (κ2) is 13.9. The van der Waals surface area contributed by atoms with Gasteiger partial charge < -0.3 is 19.9 Å². The highest BCUT2D eigenvalue weighted by atomic mass is 35.5. The Labute approximate surface area is 231 Å². The lowest BCUT2D eigenvalue weighted by Crippen LogP contribution is -2.46. The molecule has 3 aromatic carbocycles. The molecular weight excluding hydrogens is 525 g/mol. The van der Waals surface area contributed by atoms with E-state index >= 15 is 0 Å². The zero-order chi connectivity index (χ0) is 28.4. The molecule has 0 bridgehead atoms. The molecule has 3 aromatic rings. The molecular formula is C30H31ClFNO6. The molecule has 0 aliphatic heterocycles. The molecule has 0 radical (unpaired) electrons. The van der Waals surface area contributed by atoms with Crippen LogP contribution in [0.5, 0.6) is 0 Å². The Morgan fingerprint density at radius 2 is 1.69 bits per heavy atom. The molecule has 2 N–H and O–H groups in total. The summed E-state index contributed by atoms with van der Waals surface area (Å²) in [4.78, 5) is 37.5. The van der Waals surface area contributed by atoms with Gasteiger partial charge in [0.05, 0.1) is 18.6 Å². The normalized spacial score (nSPS) is 13.2. The smallest absolute Gasteiger partial charge is 0.396 e. The van der Waals surface area contributed by atoms with Gasteiger partial charge in [-0.05, 0) is 61.6 Å². The summed E-state index contributed by atoms with van der Waals surface area (Å²) >= 11 is 6.02. The van der Waals surface area contributed by atoms with Crippen LogP contribution in [0.1, 0.15) is 31.4 Å². The summed E-state index contributed by atoms with van der Waals surface area (Å²) in [5, 5.41) is 13.2. The maximum absolute atomic E-state index is 14.3. The van der Waals surface area contributed by atoms with Crippen LogP contribution in [0.4, 0.5) is 4.39 Å². The molecule has 206 valence electrons. The van der Waals surface area contributed by atoms with Crippen LogP contribution >= 0.6 is 11.6 Å². The lowest BCUT2D eigenvalue weighted by atomic mass is 9.82. The first-order chi connectivity index (χ1) is 18.6. The van der Waals surface area contributed by atoms with Gasteiger partial charge in [-0.2, -0.15) is 0 Å². The molecule has 1 amide bonds. The number of carbonyl (C=O) groups excluding carboxylic acids is 3. The van der Waals surface area contributed by atoms with Crippen molar-refractivity contribution in [3.8, 4) is 11.1 Å². The lowest BCUT2D eigenvalue weighted by molar-refractivity contribution is -0.160. The molecule has 0 aliphatic rings. The second-order valence-corrected chi connectivity index (χ2v) is 9.84. The Kier molecular flexibility index (Phi) is 10.6. The van der Waals surface area contributed by atoms with E-state index < -0.39 is 41.7 Å². The summed E-state index contributed by atoms with van der Waals surface area (Å²) < 4.78 is 24.6. The third-order valence-corrected chi connectivity index (χ3v) is 6.46. The molecule has 0 unspecified atom stereocenters. The molecule has 0 saturated heterocycles. The van der Waals surface area contributed by atoms with E-state index in [0.29, 0.717) is 16.1 Å². The van der Waals surface area contributed by atoms with E-state index in [-0.39, 0.29) is 26.1 Å². The Bertz CT molecular complexity index is 1280. The first-order valence-corrected chi connectivity index (χ1v) is 12.9. The zero-order valence-corrected chi connectivity index (χ0v) is 22.5. The number of aliphatic hydroxyl groups is 1. The van der Waals surface area contributed by atoms with E-state index in [2.05, 4.69) is 5.32 Å². The van der Waals surface area contributed by atoms with Gasteiger partial charge in [0.2, 0.25) is 0 Å². The minimum absolute atomic E-state index is 0.0209. The van der Waals surface area contributed by atoms with Crippen molar-refractivity contribution in [3.63, 3.8) is 0 Å². The predicted molar refractivity (Wildman–Crippen MR) is 145 cm³/mol. The molecule has 2 atom stereocenters. The van der Waals surface area contributed by atoms with Crippen LogP contribution in [0.15, 0.2) is 72.8 Å². The number of aliphatic hydroxyl groups excluding tert-OH is 1. The number of hydrogen-bond acceptors (Lipinski definition) is 6. The summed E-state index contributed by atoms with van der Waals surface area (Å²) in [7, 11) is 0. The Balaban J connectivity index is 1.79. The van der Waals surface area contributed by atoms with Crippen molar-refractivity contribution in [2.75, 3.05) is 13.2 Å². The first-order valence-electron chi connectivity index (χ1n) is 12.5. The maximum Gasteiger partial charge on any atom is 0.396 e. The van der Waals surface area contributed by atoms with E-state index in [4.69, 9.17) is 21.1 Å². The third-order valence-electron chi connectivity index (χ3n) is 6.22. The standard InChI is InChI=1S/C30H31ClFNO6/c1-3-38-28(36)27(35)33-24(17-30(2,19-34)29(37)39-18-21-7-5-4-6-8-21)15-20-9-11-22(12-10-20)25-16-23(31)13-14-26(25)32/h4-14,16,24,34H,3,15,17-19H2,1-2H3,(H,33,35)/t24-,30+/m1/s1. The van der Waals surface area contributed by atoms with E-state index in [9.17, 15) is 23.9 Å². The highest BCUT2D eigenvalue weighted by Gasteiger charge is 2.38. The van der Waals surface area contributed by atoms with Crippen molar-refractivity contribution in [3.05, 3.63) is 94.8 Å². The fourth-order valence-corrected chi connectivity index (χ4v) is 4.26. The van der Waals surface area contributed by atoms with Gasteiger partial charge in [0.1, 0.15) is 12.4 Å². The number of amides is 1. The van der Waals surface area contributed by atoms with Crippen molar-refractivity contribution >= 4 is 29.4 Å². The van der Waals surface area contributed by atoms with Crippen molar-refractivity contribution in [1.82, 2.24) is 5.32 Å². The Morgan fingerprint density at radius 1 is 1.00 bits per heavy atom. The molecule has 9 heteroatoms. The number of nitrogens with one attached hydrogen (secondary N) is 1. The molecule has 3 rings (SSSR count). The Morgan fingerprint density at radius 3 is 2.33 bits per heavy atom. The van der Waals surface area contributed by atoms with Gasteiger partial charge in [-0.1, -0.05) is 66.2 Å². The van der Waals surface area contributed by atoms with E-state index in [0.717, 1.165) is 11.1 Å². The second-order valence-electron chi connectivity index (χ2n) is 9.40. The van der Waals surface area contributed by atoms with Crippen LogP contribution in [-0.2, 0) is 36.9 Å². The number of esters is 2. The summed E-state index contributed by atoms with van der Waals surface area (Å²) in [5.41, 5.74) is 1.11. The number of ether oxygens (including phenoxy) is 2. The highest BCUT2D eigenvalue weighted by molar-refractivity contribution is 6.32. The average Bonchev–Trinajstić information content (AvgIpc) is 2.94. The van der Waals surface area contributed by atoms with Gasteiger partial charge in [-0.3, -0.25) is 9.59 Å². The van der Waals surface area contributed by atoms with Crippen LogP contribution < -0.4 is 5.32 Å². The molecule has 0 fully saturated rings. The molecule has 0 saturated carbocycles. The minimum Gasteiger partial charge on any atom is -0.460 e. The SMILES string of the molecule is CCOC(=O)C(=O)N[C@H](Cc1ccc(-c2cc(Cl)ccc2F)cc1)C[C@@](C)(CO)C(=O)OCc1ccccc1. The molecule has 0 aromatic heterocycles. The molecule has 0 aliphatic carbocycles. The van der Waals surface area contributed by atoms with E-state index in [1.54, 1.807) is 31.2 Å². The molecule has 0 heterocycles. The predicted octanol–water partition coefficient (Wildman–Crippen LogP) is 4.87. The average molecular weight is 556 g/mol. The van der Waals surface area contributed by atoms with Crippen molar-refractivity contribution in [2.24, 2.45) is 5.41 Å². The minimum atomic E-state index is -1.37. The zero-order valence-electron chi connectivity index (χ0n) is 21.8. The number of carbonyl (C=O) groups is 3. The maximum atomic E-state index is 14.3. The Hall–Kier alpha value is -3.75. The van der Waals surface area contributed by atoms with Gasteiger partial charge in [-0.15, -0.1) is 0 Å². The number of halogens is 2. The number of benzene rings is 3. The summed E-state index contributed by atoms with van der Waals surface area (Å²) in [6.07, 6.45) is 0.192. The van der Waals surface area contributed by atoms with Crippen LogP contribution in [0.2, 0.25) is 5.02 Å². The summed E-state index contributed by atoms with van der Waals surface area (Å²) in [6, 6.07) is 19.6. The number of hydrogen-bond donors (Lipinski definition) is 2. The van der Waals surface area contributed by atoms with Gasteiger partial charge >= 0.3 is 17.8 Å². The molecule has 7 nitrogen and oxygen atoms in total. The third kappa shape index (κ3) is 8.37. The van der Waals surface area contributed by atoms with Gasteiger partial charge in [-0.25, -0.2) is 9.18 Å². The topological polar surface area (TPSA) is 102 Å². The fraction of sp³-hybridized carbons (Fsp3) is 0.300. The number of rotatable bonds is 11. The van der Waals surface area contributed by atoms with Crippen molar-refractivity contribution in [1.29, 1.82) is 0 Å². The lowest BCUT2D eigenvalue weighted by Gasteiger charge is -2.30. The highest BCUT2D eigenvalue weighted by Crippen LogP contribution is 2.29. The van der Waals surface area contributed by atoms with Gasteiger partial charge in [0.15, 0.2) is 0 Å². The quantitative estimate of drug-likeness (QED) is 0.259.